The summed E-state index contributed by atoms with van der Waals surface area (Å²) >= 11 is 0. The van der Waals surface area contributed by atoms with Gasteiger partial charge in [-0.05, 0) is 43.2 Å². The van der Waals surface area contributed by atoms with Crippen LogP contribution in [0.3, 0.4) is 0 Å². The van der Waals surface area contributed by atoms with Crippen LogP contribution in [-0.4, -0.2) is 11.6 Å². The van der Waals surface area contributed by atoms with E-state index in [0.717, 1.165) is 16.7 Å². The predicted octanol–water partition coefficient (Wildman–Crippen LogP) is 2.08. The summed E-state index contributed by atoms with van der Waals surface area (Å²) in [5.74, 6) is -0.822. The number of hydrogen-bond acceptors (Lipinski definition) is 2. The van der Waals surface area contributed by atoms with Crippen LogP contribution in [0, 0.1) is 13.8 Å². The molecule has 0 bridgehead atoms. The molecule has 2 rings (SSSR count). The number of allylic oxidation sites excluding steroid dienone is 1. The van der Waals surface area contributed by atoms with Gasteiger partial charge in [-0.2, -0.15) is 0 Å². The van der Waals surface area contributed by atoms with Crippen LogP contribution >= 0.6 is 0 Å². The van der Waals surface area contributed by atoms with Crippen molar-refractivity contribution in [2.45, 2.75) is 13.8 Å². The fraction of sp³-hybridized carbons (Fsp3) is 0.167. The summed E-state index contributed by atoms with van der Waals surface area (Å²) in [7, 11) is 0. The third-order valence-corrected chi connectivity index (χ3v) is 2.40. The van der Waals surface area contributed by atoms with Gasteiger partial charge in [0.1, 0.15) is 0 Å². The molecule has 0 radical (unpaired) electrons. The second-order valence-electron chi connectivity index (χ2n) is 3.57. The van der Waals surface area contributed by atoms with Crippen LogP contribution in [0.2, 0.25) is 0 Å². The molecule has 1 aromatic carbocycles. The van der Waals surface area contributed by atoms with Crippen molar-refractivity contribution in [2.24, 2.45) is 0 Å². The summed E-state index contributed by atoms with van der Waals surface area (Å²) in [5.41, 5.74) is 3.46. The molecule has 14 heavy (non-hydrogen) atoms. The summed E-state index contributed by atoms with van der Waals surface area (Å²) < 4.78 is 0. The van der Waals surface area contributed by atoms with Crippen LogP contribution in [-0.2, 0) is 4.79 Å². The average Bonchev–Trinajstić information content (AvgIpc) is 2.12. The highest BCUT2D eigenvalue weighted by molar-refractivity contribution is 6.50. The first-order chi connectivity index (χ1) is 6.59. The van der Waals surface area contributed by atoms with E-state index >= 15 is 0 Å². The van der Waals surface area contributed by atoms with Crippen molar-refractivity contribution in [3.05, 3.63) is 40.5 Å². The Balaban J connectivity index is 2.74. The lowest BCUT2D eigenvalue weighted by Gasteiger charge is -2.12. The zero-order valence-electron chi connectivity index (χ0n) is 8.13. The number of rotatable bonds is 0. The lowest BCUT2D eigenvalue weighted by molar-refractivity contribution is -0.110. The topological polar surface area (TPSA) is 34.1 Å². The Morgan fingerprint density at radius 1 is 1.00 bits per heavy atom. The van der Waals surface area contributed by atoms with Gasteiger partial charge in [-0.1, -0.05) is 11.6 Å². The van der Waals surface area contributed by atoms with E-state index in [1.54, 1.807) is 12.1 Å². The molecule has 0 amide bonds. The Labute approximate surface area is 82.2 Å². The first-order valence-electron chi connectivity index (χ1n) is 4.47. The maximum absolute atomic E-state index is 11.5. The second kappa shape index (κ2) is 2.91. The molecule has 0 unspecified atom stereocenters. The van der Waals surface area contributed by atoms with Gasteiger partial charge in [-0.25, -0.2) is 0 Å². The number of Topliss-reactive ketones (excluding diaryl/α,β-unsaturated/α-hetero) is 1. The van der Waals surface area contributed by atoms with Crippen molar-refractivity contribution in [2.75, 3.05) is 0 Å². The number of fused-ring (bicyclic) bond motifs is 1. The molecule has 0 aliphatic heterocycles. The second-order valence-corrected chi connectivity index (χ2v) is 3.57. The predicted molar refractivity (Wildman–Crippen MR) is 54.3 cm³/mol. The van der Waals surface area contributed by atoms with Crippen molar-refractivity contribution in [1.82, 2.24) is 0 Å². The molecule has 0 N–H and O–H groups in total. The molecule has 0 saturated carbocycles. The number of benzene rings is 1. The minimum atomic E-state index is -0.428. The highest BCUT2D eigenvalue weighted by Gasteiger charge is 2.21. The lowest BCUT2D eigenvalue weighted by Crippen LogP contribution is -2.17. The van der Waals surface area contributed by atoms with Crippen molar-refractivity contribution >= 4 is 17.6 Å². The summed E-state index contributed by atoms with van der Waals surface area (Å²) in [6, 6.07) is 3.78. The molecule has 1 aromatic rings. The van der Waals surface area contributed by atoms with Crippen LogP contribution in [0.4, 0.5) is 0 Å². The lowest BCUT2D eigenvalue weighted by atomic mass is 9.90. The van der Waals surface area contributed by atoms with Crippen molar-refractivity contribution in [3.63, 3.8) is 0 Å². The van der Waals surface area contributed by atoms with E-state index in [4.69, 9.17) is 0 Å². The van der Waals surface area contributed by atoms with Crippen molar-refractivity contribution in [3.8, 4) is 0 Å². The van der Waals surface area contributed by atoms with Crippen LogP contribution in [0.5, 0.6) is 0 Å². The first kappa shape index (κ1) is 8.88. The first-order valence-corrected chi connectivity index (χ1v) is 4.47. The maximum atomic E-state index is 11.5. The average molecular weight is 186 g/mol. The van der Waals surface area contributed by atoms with Gasteiger partial charge in [0.05, 0.1) is 0 Å². The Morgan fingerprint density at radius 2 is 1.71 bits per heavy atom. The molecule has 2 nitrogen and oxygen atoms in total. The van der Waals surface area contributed by atoms with E-state index < -0.39 is 11.6 Å². The standard InChI is InChI=1S/C12H10O2/c1-7-5-8(2)9-3-4-11(13)12(14)10(9)6-7/h3-6H,1-2H3. The largest absolute Gasteiger partial charge is 0.286 e. The quantitative estimate of drug-likeness (QED) is 0.581. The smallest absolute Gasteiger partial charge is 0.233 e. The van der Waals surface area contributed by atoms with Gasteiger partial charge in [0, 0.05) is 5.56 Å². The molecular formula is C12H10O2. The fourth-order valence-electron chi connectivity index (χ4n) is 1.76. The minimum Gasteiger partial charge on any atom is -0.286 e. The monoisotopic (exact) mass is 186 g/mol. The number of ketones is 2. The molecule has 2 heteroatoms. The molecule has 0 atom stereocenters. The summed E-state index contributed by atoms with van der Waals surface area (Å²) in [6.07, 6.45) is 3.06. The zero-order valence-corrected chi connectivity index (χ0v) is 8.13. The molecule has 0 saturated heterocycles. The Morgan fingerprint density at radius 3 is 2.43 bits per heavy atom. The molecular weight excluding hydrogens is 176 g/mol. The SMILES string of the molecule is Cc1cc(C)c2c(c1)C(=O)C(=O)C=C2. The molecule has 1 aliphatic carbocycles. The van der Waals surface area contributed by atoms with E-state index in [2.05, 4.69) is 0 Å². The van der Waals surface area contributed by atoms with Gasteiger partial charge in [-0.15, -0.1) is 0 Å². The Hall–Kier alpha value is -1.70. The molecule has 1 aliphatic rings. The minimum absolute atomic E-state index is 0.394. The van der Waals surface area contributed by atoms with E-state index in [1.165, 1.54) is 6.08 Å². The third-order valence-electron chi connectivity index (χ3n) is 2.40. The van der Waals surface area contributed by atoms with Crippen LogP contribution < -0.4 is 0 Å². The molecule has 70 valence electrons. The van der Waals surface area contributed by atoms with Crippen LogP contribution in [0.1, 0.15) is 27.0 Å². The van der Waals surface area contributed by atoms with Gasteiger partial charge < -0.3 is 0 Å². The summed E-state index contributed by atoms with van der Waals surface area (Å²) in [5, 5.41) is 0. The van der Waals surface area contributed by atoms with Crippen molar-refractivity contribution < 1.29 is 9.59 Å². The zero-order chi connectivity index (χ0) is 10.3. The molecule has 0 fully saturated rings. The van der Waals surface area contributed by atoms with Gasteiger partial charge in [-0.3, -0.25) is 9.59 Å². The van der Waals surface area contributed by atoms with E-state index in [0.29, 0.717) is 5.56 Å². The molecule has 0 spiro atoms. The number of aryl methyl sites for hydroxylation is 2. The number of carbonyl (C=O) groups is 2. The molecule has 0 heterocycles. The number of carbonyl (C=O) groups excluding carboxylic acids is 2. The van der Waals surface area contributed by atoms with Crippen LogP contribution in [0.25, 0.3) is 6.08 Å². The summed E-state index contributed by atoms with van der Waals surface area (Å²) in [6.45, 7) is 3.86. The van der Waals surface area contributed by atoms with Crippen molar-refractivity contribution in [1.29, 1.82) is 0 Å². The highest BCUT2D eigenvalue weighted by Crippen LogP contribution is 2.22. The Bertz CT molecular complexity index is 467. The van der Waals surface area contributed by atoms with Gasteiger partial charge in [0.2, 0.25) is 11.6 Å². The van der Waals surface area contributed by atoms with Gasteiger partial charge in [0.15, 0.2) is 0 Å². The van der Waals surface area contributed by atoms with E-state index in [-0.39, 0.29) is 0 Å². The van der Waals surface area contributed by atoms with E-state index in [9.17, 15) is 9.59 Å². The maximum Gasteiger partial charge on any atom is 0.233 e. The van der Waals surface area contributed by atoms with Gasteiger partial charge in [0.25, 0.3) is 0 Å². The van der Waals surface area contributed by atoms with Gasteiger partial charge >= 0.3 is 0 Å². The normalized spacial score (nSPS) is 14.4. The highest BCUT2D eigenvalue weighted by atomic mass is 16.2. The number of hydrogen-bond donors (Lipinski definition) is 0. The van der Waals surface area contributed by atoms with Crippen LogP contribution in [0.15, 0.2) is 18.2 Å². The summed E-state index contributed by atoms with van der Waals surface area (Å²) in [4.78, 5) is 22.7. The van der Waals surface area contributed by atoms with E-state index in [1.807, 2.05) is 19.9 Å². The Kier molecular flexibility index (Phi) is 1.84. The fourth-order valence-corrected chi connectivity index (χ4v) is 1.76. The third kappa shape index (κ3) is 1.20. The molecule has 0 aromatic heterocycles.